The van der Waals surface area contributed by atoms with Crippen LogP contribution < -0.4 is 32.5 Å². The van der Waals surface area contributed by atoms with Crippen molar-refractivity contribution in [3.63, 3.8) is 0 Å². The molecule has 6 aromatic carbocycles. The monoisotopic (exact) mass is 1200 g/mol. The first-order valence-corrected chi connectivity index (χ1v) is 26.4. The minimum absolute atomic E-state index is 0.0572. The second-order valence-corrected chi connectivity index (χ2v) is 25.2. The van der Waals surface area contributed by atoms with Crippen LogP contribution in [0.5, 0.6) is 0 Å². The maximum atomic E-state index is 17.6. The Balaban J connectivity index is 1.95. The predicted molar refractivity (Wildman–Crippen MR) is 273 cm³/mol. The van der Waals surface area contributed by atoms with Gasteiger partial charge in [0.1, 0.15) is 46.5 Å². The Morgan fingerprint density at radius 2 is 0.741 bits per heavy atom. The standard InChI is InChI=1S/C55H43B2F20O2P2/c1-19-13-21(3)51(22(4)14-19)80-25(17-54(7,8)9)56(27-31(58)39(66)47(74)40(67)32(27)59,28-33(60)41(68)48(75)42(69)34(28)61)78-53-79-57(29-35(62)43(70)49(76)44(71)36(29)63,30-37(64)45(72)50(77)46(73)38(30)65)26(18-55(10,11)12)81(53)52-23(5)15-20(2)16-24(52)6/h13-18,80H,1-12H3/q-1/b25-17-,26-18-. The number of hydrogen-bond donors (Lipinski definition) is 0. The summed E-state index contributed by atoms with van der Waals surface area (Å²) in [5, 5.41) is -3.00. The van der Waals surface area contributed by atoms with E-state index in [4.69, 9.17) is 9.31 Å². The van der Waals surface area contributed by atoms with Crippen molar-refractivity contribution in [2.75, 3.05) is 0 Å². The predicted octanol–water partition coefficient (Wildman–Crippen LogP) is 14.0. The van der Waals surface area contributed by atoms with Crippen LogP contribution in [0.4, 0.5) is 87.8 Å². The third-order valence-corrected chi connectivity index (χ3v) is 18.0. The molecule has 1 heterocycles. The molecule has 0 N–H and O–H groups in total. The largest absolute Gasteiger partial charge is 0.496 e. The molecule has 81 heavy (non-hydrogen) atoms. The molecule has 0 spiro atoms. The molecule has 0 saturated heterocycles. The summed E-state index contributed by atoms with van der Waals surface area (Å²) in [4.78, 5) is 0. The van der Waals surface area contributed by atoms with E-state index >= 15 is 87.8 Å². The van der Waals surface area contributed by atoms with Crippen molar-refractivity contribution in [3.05, 3.63) is 197 Å². The average molecular weight is 1200 g/mol. The number of halogens is 20. The van der Waals surface area contributed by atoms with E-state index in [0.717, 1.165) is 6.08 Å². The lowest BCUT2D eigenvalue weighted by molar-refractivity contribution is 0.367. The molecule has 0 aromatic heterocycles. The lowest BCUT2D eigenvalue weighted by atomic mass is 9.30. The highest BCUT2D eigenvalue weighted by Crippen LogP contribution is 2.54. The van der Waals surface area contributed by atoms with Gasteiger partial charge < -0.3 is 9.31 Å². The van der Waals surface area contributed by atoms with Gasteiger partial charge in [0.15, 0.2) is 82.7 Å². The normalized spacial score (nSPS) is 15.5. The first kappa shape index (κ1) is 62.6. The zero-order valence-corrected chi connectivity index (χ0v) is 46.3. The van der Waals surface area contributed by atoms with E-state index in [2.05, 4.69) is 0 Å². The third-order valence-electron chi connectivity index (χ3n) is 13.4. The van der Waals surface area contributed by atoms with Crippen LogP contribution >= 0.6 is 16.1 Å². The van der Waals surface area contributed by atoms with Crippen molar-refractivity contribution in [1.82, 2.24) is 0 Å². The van der Waals surface area contributed by atoms with E-state index in [0.29, 0.717) is 17.2 Å². The first-order valence-electron chi connectivity index (χ1n) is 24.0. The number of allylic oxidation sites excluding steroid dienone is 2. The molecular weight excluding hydrogens is 1160 g/mol. The summed E-state index contributed by atoms with van der Waals surface area (Å²) in [7, 11) is -5.46. The van der Waals surface area contributed by atoms with E-state index in [-0.39, 0.29) is 27.6 Å². The molecule has 1 aliphatic heterocycles. The van der Waals surface area contributed by atoms with Gasteiger partial charge in [-0.3, -0.25) is 0 Å². The van der Waals surface area contributed by atoms with E-state index in [1.54, 1.807) is 6.92 Å². The smallest absolute Gasteiger partial charge is 0.287 e. The highest BCUT2D eigenvalue weighted by molar-refractivity contribution is 7.75. The molecule has 26 heteroatoms. The molecule has 2 unspecified atom stereocenters. The van der Waals surface area contributed by atoms with Crippen LogP contribution in [-0.4, -0.2) is 18.4 Å². The molecule has 6 aromatic rings. The molecule has 0 aliphatic carbocycles. The Hall–Kier alpha value is -5.95. The van der Waals surface area contributed by atoms with Crippen LogP contribution in [0.25, 0.3) is 0 Å². The minimum atomic E-state index is -6.01. The number of aryl methyl sites for hydroxylation is 6. The molecule has 2 atom stereocenters. The average Bonchev–Trinajstić information content (AvgIpc) is 3.78. The Labute approximate surface area is 453 Å². The highest BCUT2D eigenvalue weighted by atomic mass is 31.1. The Morgan fingerprint density at radius 3 is 1.05 bits per heavy atom. The van der Waals surface area contributed by atoms with E-state index in [1.807, 2.05) is 0 Å². The van der Waals surface area contributed by atoms with Gasteiger partial charge in [-0.15, -0.1) is 6.08 Å². The molecule has 0 fully saturated rings. The maximum Gasteiger partial charge on any atom is 0.287 e. The lowest BCUT2D eigenvalue weighted by Gasteiger charge is -2.46. The second kappa shape index (κ2) is 21.7. The van der Waals surface area contributed by atoms with Gasteiger partial charge in [0.05, 0.1) is 0 Å². The molecule has 432 valence electrons. The summed E-state index contributed by atoms with van der Waals surface area (Å²) in [5.74, 6) is -60.9. The van der Waals surface area contributed by atoms with Crippen molar-refractivity contribution in [1.29, 1.82) is 0 Å². The first-order chi connectivity index (χ1) is 37.2. The van der Waals surface area contributed by atoms with Crippen LogP contribution in [0.15, 0.2) is 46.8 Å². The van der Waals surface area contributed by atoms with Gasteiger partial charge in [-0.1, -0.05) is 113 Å². The van der Waals surface area contributed by atoms with Gasteiger partial charge >= 0.3 is 0 Å². The molecule has 0 radical (unpaired) electrons. The van der Waals surface area contributed by atoms with Crippen molar-refractivity contribution in [2.45, 2.75) is 83.1 Å². The van der Waals surface area contributed by atoms with Crippen LogP contribution in [0.2, 0.25) is 0 Å². The summed E-state index contributed by atoms with van der Waals surface area (Å²) < 4.78 is 342. The fraction of sp³-hybridized carbons (Fsp3) is 0.255. The van der Waals surface area contributed by atoms with Gasteiger partial charge in [-0.25, -0.2) is 87.8 Å². The quantitative estimate of drug-likeness (QED) is 0.0447. The molecule has 7 rings (SSSR count). The second-order valence-electron chi connectivity index (χ2n) is 21.9. The van der Waals surface area contributed by atoms with Crippen LogP contribution in [0, 0.1) is 169 Å². The zero-order chi connectivity index (χ0) is 61.1. The SMILES string of the molecule is Cc1cc(C)c(P/C(=C\C(C)(C)C)[B-](OC2=[P+](c3c(C)cc(C)cc3C)/C(=C\C(C)(C)C)[B-](c3c(F)c(F)c(F)c(F)c3F)(c3c(F)c(F)c(F)c(F)c3F)O2)(c2c(F)c(F)c(F)c(F)c2F)c2c(F)c(F)c(F)c(F)c2F)c(C)c1. The topological polar surface area (TPSA) is 18.5 Å². The molecule has 1 aliphatic rings. The van der Waals surface area contributed by atoms with Gasteiger partial charge in [0, 0.05) is 5.21 Å². The Morgan fingerprint density at radius 1 is 0.444 bits per heavy atom. The van der Waals surface area contributed by atoms with Crippen molar-refractivity contribution in [3.8, 4) is 0 Å². The molecule has 0 bridgehead atoms. The third kappa shape index (κ3) is 10.2. The number of benzene rings is 6. The van der Waals surface area contributed by atoms with Gasteiger partial charge in [-0.05, 0) is 79.9 Å². The van der Waals surface area contributed by atoms with E-state index in [9.17, 15) is 0 Å². The minimum Gasteiger partial charge on any atom is -0.496 e. The number of hydrogen-bond acceptors (Lipinski definition) is 2. The Bertz CT molecular complexity index is 3510. The van der Waals surface area contributed by atoms with E-state index in [1.165, 1.54) is 100 Å². The maximum absolute atomic E-state index is 17.6. The fourth-order valence-electron chi connectivity index (χ4n) is 10.5. The Kier molecular flexibility index (Phi) is 16.8. The van der Waals surface area contributed by atoms with Crippen LogP contribution in [0.3, 0.4) is 0 Å². The van der Waals surface area contributed by atoms with Crippen LogP contribution in [-0.2, 0) is 9.31 Å². The molecule has 0 amide bonds. The summed E-state index contributed by atoms with van der Waals surface area (Å²) in [6.07, 6.45) is -10.4. The van der Waals surface area contributed by atoms with Gasteiger partial charge in [-0.2, -0.15) is 5.21 Å². The lowest BCUT2D eigenvalue weighted by Crippen LogP contribution is -2.69. The molecule has 0 saturated carbocycles. The number of rotatable bonds is 10. The fourth-order valence-corrected chi connectivity index (χ4v) is 15.6. The highest BCUT2D eigenvalue weighted by Gasteiger charge is 2.60. The van der Waals surface area contributed by atoms with Crippen molar-refractivity contribution < 1.29 is 97.1 Å². The molecule has 2 nitrogen and oxygen atoms in total. The summed E-state index contributed by atoms with van der Waals surface area (Å²) in [6, 6.07) is 5.43. The molecular formula is C55H43B2F20O2P2-. The zero-order valence-electron chi connectivity index (χ0n) is 44.4. The van der Waals surface area contributed by atoms with Gasteiger partial charge in [0.2, 0.25) is 6.35 Å². The van der Waals surface area contributed by atoms with Crippen LogP contribution in [0.1, 0.15) is 74.9 Å². The summed E-state index contributed by atoms with van der Waals surface area (Å²) >= 11 is 0. The van der Waals surface area contributed by atoms with Gasteiger partial charge in [0.25, 0.3) is 12.0 Å². The summed E-state index contributed by atoms with van der Waals surface area (Å²) in [6.45, 7) is 15.4. The van der Waals surface area contributed by atoms with E-state index < -0.39 is 199 Å². The van der Waals surface area contributed by atoms with Crippen molar-refractivity contribution in [2.24, 2.45) is 10.8 Å². The summed E-state index contributed by atoms with van der Waals surface area (Å²) in [5.41, 5.74) is -14.9. The van der Waals surface area contributed by atoms with Crippen molar-refractivity contribution >= 4 is 66.9 Å².